The lowest BCUT2D eigenvalue weighted by Crippen LogP contribution is -2.29. The maximum absolute atomic E-state index is 12.5. The SMILES string of the molecule is CCCCC/C=C\C/C=C\C/C=C\C/C=C\C/C=C\CCC(=O)O[C@H](COC(=O)CCCCCCC/C=C\CCCCCCCC)COP(=O)(O)OCCN. The minimum atomic E-state index is -4.40. The lowest BCUT2D eigenvalue weighted by molar-refractivity contribution is -0.161. The number of allylic oxidation sites excluding steroid dienone is 12. The van der Waals surface area contributed by atoms with Gasteiger partial charge in [-0.3, -0.25) is 18.6 Å². The molecule has 2 atom stereocenters. The van der Waals surface area contributed by atoms with Crippen LogP contribution < -0.4 is 5.73 Å². The van der Waals surface area contributed by atoms with Crippen molar-refractivity contribution in [1.29, 1.82) is 0 Å². The zero-order valence-corrected chi connectivity index (χ0v) is 35.5. The highest BCUT2D eigenvalue weighted by molar-refractivity contribution is 7.47. The number of esters is 2. The van der Waals surface area contributed by atoms with Crippen molar-refractivity contribution in [2.45, 2.75) is 174 Å². The van der Waals surface area contributed by atoms with Crippen molar-refractivity contribution in [3.05, 3.63) is 72.9 Å². The molecular formula is C45H78NO8P. The van der Waals surface area contributed by atoms with Crippen LogP contribution in [0.15, 0.2) is 72.9 Å². The molecule has 0 saturated heterocycles. The molecular weight excluding hydrogens is 713 g/mol. The van der Waals surface area contributed by atoms with Crippen LogP contribution >= 0.6 is 7.82 Å². The molecule has 0 saturated carbocycles. The van der Waals surface area contributed by atoms with Crippen LogP contribution in [0.4, 0.5) is 0 Å². The first kappa shape index (κ1) is 52.5. The van der Waals surface area contributed by atoms with E-state index in [1.165, 1.54) is 70.6 Å². The first-order valence-corrected chi connectivity index (χ1v) is 22.9. The molecule has 9 nitrogen and oxygen atoms in total. The minimum Gasteiger partial charge on any atom is -0.462 e. The summed E-state index contributed by atoms with van der Waals surface area (Å²) in [4.78, 5) is 34.8. The molecule has 0 spiro atoms. The summed E-state index contributed by atoms with van der Waals surface area (Å²) in [5.74, 6) is -0.940. The molecule has 55 heavy (non-hydrogen) atoms. The van der Waals surface area contributed by atoms with Gasteiger partial charge in [0.05, 0.1) is 13.2 Å². The molecule has 0 aromatic carbocycles. The highest BCUT2D eigenvalue weighted by Gasteiger charge is 2.25. The van der Waals surface area contributed by atoms with Gasteiger partial charge >= 0.3 is 19.8 Å². The van der Waals surface area contributed by atoms with Crippen molar-refractivity contribution in [3.63, 3.8) is 0 Å². The zero-order chi connectivity index (χ0) is 40.3. The molecule has 0 aliphatic heterocycles. The molecule has 3 N–H and O–H groups in total. The van der Waals surface area contributed by atoms with Gasteiger partial charge in [0.2, 0.25) is 0 Å². The normalized spacial score (nSPS) is 14.0. The molecule has 0 heterocycles. The van der Waals surface area contributed by atoms with Gasteiger partial charge in [0.15, 0.2) is 6.10 Å². The Morgan fingerprint density at radius 2 is 0.982 bits per heavy atom. The predicted octanol–water partition coefficient (Wildman–Crippen LogP) is 12.3. The van der Waals surface area contributed by atoms with Gasteiger partial charge in [0.25, 0.3) is 0 Å². The summed E-state index contributed by atoms with van der Waals surface area (Å²) >= 11 is 0. The second-order valence-electron chi connectivity index (χ2n) is 13.8. The van der Waals surface area contributed by atoms with Crippen LogP contribution in [-0.2, 0) is 32.7 Å². The second-order valence-corrected chi connectivity index (χ2v) is 15.3. The average molecular weight is 792 g/mol. The monoisotopic (exact) mass is 792 g/mol. The maximum Gasteiger partial charge on any atom is 0.472 e. The smallest absolute Gasteiger partial charge is 0.462 e. The fraction of sp³-hybridized carbons (Fsp3) is 0.689. The van der Waals surface area contributed by atoms with Gasteiger partial charge in [-0.25, -0.2) is 4.57 Å². The highest BCUT2D eigenvalue weighted by Crippen LogP contribution is 2.43. The van der Waals surface area contributed by atoms with Gasteiger partial charge in [-0.1, -0.05) is 151 Å². The Labute approximate surface area is 335 Å². The molecule has 0 bridgehead atoms. The maximum atomic E-state index is 12.5. The number of phosphoric ester groups is 1. The standard InChI is InChI=1S/C45H78NO8P/c1-3-5-7-9-11-13-15-17-19-20-21-22-24-26-28-30-32-34-36-38-45(48)54-43(42-53-55(49,50)52-40-39-46)41-51-44(47)37-35-33-31-29-27-25-23-18-16-14-12-10-8-6-4-2/h11,13,17-19,21-23,26,28,32,34,43H,3-10,12,14-16,20,24-25,27,29-31,33,35-42,46H2,1-2H3,(H,49,50)/b13-11-,19-17-,22-21-,23-18-,28-26-,34-32-/t43-/m1/s1. The first-order valence-electron chi connectivity index (χ1n) is 21.4. The Hall–Kier alpha value is -2.55. The minimum absolute atomic E-state index is 0.0379. The van der Waals surface area contributed by atoms with Crippen LogP contribution in [-0.4, -0.2) is 49.3 Å². The van der Waals surface area contributed by atoms with Crippen molar-refractivity contribution in [1.82, 2.24) is 0 Å². The van der Waals surface area contributed by atoms with Gasteiger partial charge < -0.3 is 20.1 Å². The molecule has 0 aliphatic rings. The summed E-state index contributed by atoms with van der Waals surface area (Å²) in [6.45, 7) is 3.59. The van der Waals surface area contributed by atoms with Crippen LogP contribution in [0.5, 0.6) is 0 Å². The lowest BCUT2D eigenvalue weighted by atomic mass is 10.1. The molecule has 0 rings (SSSR count). The highest BCUT2D eigenvalue weighted by atomic mass is 31.2. The van der Waals surface area contributed by atoms with Gasteiger partial charge in [-0.15, -0.1) is 0 Å². The molecule has 0 amide bonds. The van der Waals surface area contributed by atoms with Gasteiger partial charge in [-0.05, 0) is 77.0 Å². The number of nitrogens with two attached hydrogens (primary N) is 1. The van der Waals surface area contributed by atoms with Crippen molar-refractivity contribution in [2.24, 2.45) is 5.73 Å². The molecule has 0 aliphatic carbocycles. The summed E-state index contributed by atoms with van der Waals surface area (Å²) in [5, 5.41) is 0. The molecule has 0 aromatic rings. The van der Waals surface area contributed by atoms with E-state index < -0.39 is 32.5 Å². The molecule has 0 fully saturated rings. The Balaban J connectivity index is 4.32. The number of carbonyl (C=O) groups excluding carboxylic acids is 2. The topological polar surface area (TPSA) is 134 Å². The van der Waals surface area contributed by atoms with Gasteiger partial charge in [0.1, 0.15) is 6.61 Å². The Bertz CT molecular complexity index is 1130. The summed E-state index contributed by atoms with van der Waals surface area (Å²) in [6, 6.07) is 0. The summed E-state index contributed by atoms with van der Waals surface area (Å²) < 4.78 is 32.7. The van der Waals surface area contributed by atoms with Crippen molar-refractivity contribution < 1.29 is 37.6 Å². The number of rotatable bonds is 39. The van der Waals surface area contributed by atoms with E-state index >= 15 is 0 Å². The predicted molar refractivity (Wildman–Crippen MR) is 229 cm³/mol. The molecule has 0 aromatic heterocycles. The van der Waals surface area contributed by atoms with E-state index in [9.17, 15) is 19.0 Å². The van der Waals surface area contributed by atoms with E-state index in [2.05, 4.69) is 74.6 Å². The second kappa shape index (κ2) is 41.1. The Morgan fingerprint density at radius 1 is 0.545 bits per heavy atom. The third-order valence-corrected chi connectivity index (χ3v) is 9.56. The average Bonchev–Trinajstić information content (AvgIpc) is 3.17. The van der Waals surface area contributed by atoms with Crippen molar-refractivity contribution in [2.75, 3.05) is 26.4 Å². The van der Waals surface area contributed by atoms with Gasteiger partial charge in [0, 0.05) is 19.4 Å². The largest absolute Gasteiger partial charge is 0.472 e. The number of ether oxygens (including phenoxy) is 2. The molecule has 1 unspecified atom stereocenters. The lowest BCUT2D eigenvalue weighted by Gasteiger charge is -2.19. The van der Waals surface area contributed by atoms with Crippen LogP contribution in [0.25, 0.3) is 0 Å². The summed E-state index contributed by atoms with van der Waals surface area (Å²) in [5.41, 5.74) is 5.34. The zero-order valence-electron chi connectivity index (χ0n) is 34.6. The first-order chi connectivity index (χ1) is 26.8. The van der Waals surface area contributed by atoms with E-state index in [-0.39, 0.29) is 32.6 Å². The number of hydrogen-bond donors (Lipinski definition) is 2. The van der Waals surface area contributed by atoms with E-state index in [1.54, 1.807) is 0 Å². The molecule has 316 valence electrons. The molecule has 10 heteroatoms. The van der Waals surface area contributed by atoms with E-state index in [0.29, 0.717) is 12.8 Å². The quantitative estimate of drug-likeness (QED) is 0.0270. The number of carbonyl (C=O) groups is 2. The number of unbranched alkanes of at least 4 members (excludes halogenated alkanes) is 14. The van der Waals surface area contributed by atoms with Crippen molar-refractivity contribution in [3.8, 4) is 0 Å². The number of hydrogen-bond acceptors (Lipinski definition) is 8. The number of phosphoric acid groups is 1. The summed E-state index contributed by atoms with van der Waals surface area (Å²) in [6.07, 6.45) is 49.4. The van der Waals surface area contributed by atoms with Crippen LogP contribution in [0.2, 0.25) is 0 Å². The Kier molecular flexibility index (Phi) is 39.2. The van der Waals surface area contributed by atoms with Crippen molar-refractivity contribution >= 4 is 19.8 Å². The van der Waals surface area contributed by atoms with Crippen LogP contribution in [0.1, 0.15) is 168 Å². The third-order valence-electron chi connectivity index (χ3n) is 8.58. The van der Waals surface area contributed by atoms with Crippen LogP contribution in [0, 0.1) is 0 Å². The van der Waals surface area contributed by atoms with Crippen LogP contribution in [0.3, 0.4) is 0 Å². The third kappa shape index (κ3) is 40.9. The van der Waals surface area contributed by atoms with E-state index in [0.717, 1.165) is 57.8 Å². The Morgan fingerprint density at radius 3 is 1.53 bits per heavy atom. The summed E-state index contributed by atoms with van der Waals surface area (Å²) in [7, 11) is -4.40. The fourth-order valence-electron chi connectivity index (χ4n) is 5.37. The van der Waals surface area contributed by atoms with E-state index in [4.69, 9.17) is 24.3 Å². The van der Waals surface area contributed by atoms with E-state index in [1.807, 2.05) is 12.2 Å². The molecule has 0 radical (unpaired) electrons. The van der Waals surface area contributed by atoms with Gasteiger partial charge in [-0.2, -0.15) is 0 Å². The fourth-order valence-corrected chi connectivity index (χ4v) is 6.14.